The first-order valence-corrected chi connectivity index (χ1v) is 8.61. The van der Waals surface area contributed by atoms with E-state index in [1.54, 1.807) is 19.2 Å². The maximum atomic E-state index is 12.5. The van der Waals surface area contributed by atoms with E-state index in [-0.39, 0.29) is 10.6 Å². The highest BCUT2D eigenvalue weighted by molar-refractivity contribution is 9.10. The molecule has 4 nitrogen and oxygen atoms in total. The van der Waals surface area contributed by atoms with Gasteiger partial charge in [0.1, 0.15) is 4.90 Å². The van der Waals surface area contributed by atoms with Gasteiger partial charge in [-0.05, 0) is 40.6 Å². The van der Waals surface area contributed by atoms with Crippen molar-refractivity contribution in [1.82, 2.24) is 4.31 Å². The van der Waals surface area contributed by atoms with Crippen molar-refractivity contribution in [2.24, 2.45) is 0 Å². The van der Waals surface area contributed by atoms with Crippen molar-refractivity contribution in [2.75, 3.05) is 12.8 Å². The molecule has 2 aromatic rings. The highest BCUT2D eigenvalue weighted by Crippen LogP contribution is 2.26. The summed E-state index contributed by atoms with van der Waals surface area (Å²) in [4.78, 5) is 0.125. The number of anilines is 1. The fourth-order valence-corrected chi connectivity index (χ4v) is 4.09. The molecule has 0 spiro atoms. The minimum atomic E-state index is -3.59. The van der Waals surface area contributed by atoms with Gasteiger partial charge < -0.3 is 5.73 Å². The highest BCUT2D eigenvalue weighted by atomic mass is 79.9. The van der Waals surface area contributed by atoms with Crippen LogP contribution in [-0.2, 0) is 16.6 Å². The lowest BCUT2D eigenvalue weighted by Gasteiger charge is -2.18. The van der Waals surface area contributed by atoms with Crippen LogP contribution in [0, 0.1) is 0 Å². The third-order valence-electron chi connectivity index (χ3n) is 2.65. The van der Waals surface area contributed by atoms with Crippen LogP contribution in [0.1, 0.15) is 5.56 Å². The topological polar surface area (TPSA) is 63.4 Å². The summed E-state index contributed by atoms with van der Waals surface area (Å²) in [5, 5.41) is 3.85. The van der Waals surface area contributed by atoms with Crippen LogP contribution in [0.4, 0.5) is 5.69 Å². The molecular weight excluding hydrogens is 348 g/mol. The molecular formula is C12H13BrN2O2S2. The predicted octanol–water partition coefficient (Wildman–Crippen LogP) is 2.91. The second-order valence-electron chi connectivity index (χ2n) is 4.07. The molecule has 0 aliphatic carbocycles. The summed E-state index contributed by atoms with van der Waals surface area (Å²) in [5.41, 5.74) is 6.98. The SMILES string of the molecule is CN(Cc1ccsc1)S(=O)(=O)c1cc(Br)ccc1N. The number of rotatable bonds is 4. The number of sulfonamides is 1. The molecule has 0 aliphatic heterocycles. The van der Waals surface area contributed by atoms with Crippen LogP contribution < -0.4 is 5.73 Å². The van der Waals surface area contributed by atoms with Gasteiger partial charge in [-0.15, -0.1) is 0 Å². The molecule has 2 rings (SSSR count). The molecule has 0 aliphatic rings. The molecule has 0 fully saturated rings. The van der Waals surface area contributed by atoms with Gasteiger partial charge in [0, 0.05) is 18.1 Å². The summed E-state index contributed by atoms with van der Waals surface area (Å²) in [7, 11) is -2.04. The first kappa shape index (κ1) is 14.5. The van der Waals surface area contributed by atoms with E-state index in [4.69, 9.17) is 5.73 Å². The van der Waals surface area contributed by atoms with E-state index < -0.39 is 10.0 Å². The van der Waals surface area contributed by atoms with Crippen molar-refractivity contribution in [3.8, 4) is 0 Å². The Morgan fingerprint density at radius 1 is 1.37 bits per heavy atom. The van der Waals surface area contributed by atoms with E-state index in [1.165, 1.54) is 21.7 Å². The van der Waals surface area contributed by atoms with E-state index >= 15 is 0 Å². The highest BCUT2D eigenvalue weighted by Gasteiger charge is 2.23. The predicted molar refractivity (Wildman–Crippen MR) is 81.5 cm³/mol. The zero-order valence-corrected chi connectivity index (χ0v) is 13.4. The van der Waals surface area contributed by atoms with Gasteiger partial charge in [0.15, 0.2) is 0 Å². The Morgan fingerprint density at radius 2 is 2.11 bits per heavy atom. The van der Waals surface area contributed by atoms with E-state index in [0.29, 0.717) is 11.0 Å². The molecule has 1 aromatic heterocycles. The van der Waals surface area contributed by atoms with Gasteiger partial charge in [-0.2, -0.15) is 15.6 Å². The number of hydrogen-bond acceptors (Lipinski definition) is 4. The van der Waals surface area contributed by atoms with Crippen molar-refractivity contribution in [3.63, 3.8) is 0 Å². The molecule has 1 aromatic carbocycles. The zero-order valence-electron chi connectivity index (χ0n) is 10.2. The van der Waals surface area contributed by atoms with E-state index in [9.17, 15) is 8.42 Å². The lowest BCUT2D eigenvalue weighted by atomic mass is 10.3. The van der Waals surface area contributed by atoms with Crippen LogP contribution in [0.15, 0.2) is 44.4 Å². The molecule has 102 valence electrons. The average Bonchev–Trinajstić information content (AvgIpc) is 2.85. The molecule has 2 N–H and O–H groups in total. The fraction of sp³-hybridized carbons (Fsp3) is 0.167. The molecule has 7 heteroatoms. The Bertz CT molecular complexity index is 669. The van der Waals surface area contributed by atoms with Crippen molar-refractivity contribution < 1.29 is 8.42 Å². The van der Waals surface area contributed by atoms with Crippen LogP contribution in [-0.4, -0.2) is 19.8 Å². The second-order valence-corrected chi connectivity index (χ2v) is 7.78. The first-order valence-electron chi connectivity index (χ1n) is 5.43. The van der Waals surface area contributed by atoms with Crippen LogP contribution in [0.25, 0.3) is 0 Å². The maximum absolute atomic E-state index is 12.5. The molecule has 0 bridgehead atoms. The van der Waals surface area contributed by atoms with Gasteiger partial charge in [0.25, 0.3) is 0 Å². The summed E-state index contributed by atoms with van der Waals surface area (Å²) in [5.74, 6) is 0. The summed E-state index contributed by atoms with van der Waals surface area (Å²) >= 11 is 4.80. The number of halogens is 1. The van der Waals surface area contributed by atoms with Gasteiger partial charge >= 0.3 is 0 Å². The molecule has 1 heterocycles. The van der Waals surface area contributed by atoms with Gasteiger partial charge in [0.2, 0.25) is 10.0 Å². The molecule has 0 atom stereocenters. The Labute approximate surface area is 125 Å². The van der Waals surface area contributed by atoms with Crippen LogP contribution in [0.5, 0.6) is 0 Å². The monoisotopic (exact) mass is 360 g/mol. The zero-order chi connectivity index (χ0) is 14.0. The van der Waals surface area contributed by atoms with Crippen LogP contribution >= 0.6 is 27.3 Å². The van der Waals surface area contributed by atoms with Crippen molar-refractivity contribution in [3.05, 3.63) is 45.1 Å². The molecule has 0 unspecified atom stereocenters. The van der Waals surface area contributed by atoms with Gasteiger partial charge in [-0.25, -0.2) is 8.42 Å². The average molecular weight is 361 g/mol. The number of nitrogens with zero attached hydrogens (tertiary/aromatic N) is 1. The Kier molecular flexibility index (Phi) is 4.29. The Hall–Kier alpha value is -0.890. The number of nitrogen functional groups attached to an aromatic ring is 1. The summed E-state index contributed by atoms with van der Waals surface area (Å²) in [6, 6.07) is 6.72. The first-order chi connectivity index (χ1) is 8.91. The standard InChI is InChI=1S/C12H13BrN2O2S2/c1-15(7-9-4-5-18-8-9)19(16,17)12-6-10(13)2-3-11(12)14/h2-6,8H,7,14H2,1H3. The quantitative estimate of drug-likeness (QED) is 0.852. The van der Waals surface area contributed by atoms with Crippen molar-refractivity contribution in [1.29, 1.82) is 0 Å². The molecule has 0 radical (unpaired) electrons. The number of benzene rings is 1. The smallest absolute Gasteiger partial charge is 0.245 e. The maximum Gasteiger partial charge on any atom is 0.245 e. The summed E-state index contributed by atoms with van der Waals surface area (Å²) < 4.78 is 26.9. The van der Waals surface area contributed by atoms with Gasteiger partial charge in [-0.3, -0.25) is 0 Å². The van der Waals surface area contributed by atoms with E-state index in [1.807, 2.05) is 16.8 Å². The minimum absolute atomic E-state index is 0.125. The second kappa shape index (κ2) is 5.62. The van der Waals surface area contributed by atoms with E-state index in [2.05, 4.69) is 15.9 Å². The van der Waals surface area contributed by atoms with Crippen LogP contribution in [0.2, 0.25) is 0 Å². The Morgan fingerprint density at radius 3 is 2.74 bits per heavy atom. The van der Waals surface area contributed by atoms with E-state index in [0.717, 1.165) is 5.56 Å². The molecule has 0 amide bonds. The van der Waals surface area contributed by atoms with Gasteiger partial charge in [0.05, 0.1) is 5.69 Å². The number of hydrogen-bond donors (Lipinski definition) is 1. The molecule has 0 saturated carbocycles. The molecule has 0 saturated heterocycles. The van der Waals surface area contributed by atoms with Crippen molar-refractivity contribution >= 4 is 43.0 Å². The molecule has 19 heavy (non-hydrogen) atoms. The van der Waals surface area contributed by atoms with Crippen molar-refractivity contribution in [2.45, 2.75) is 11.4 Å². The lowest BCUT2D eigenvalue weighted by Crippen LogP contribution is -2.27. The Balaban J connectivity index is 2.33. The fourth-order valence-electron chi connectivity index (χ4n) is 1.62. The van der Waals surface area contributed by atoms with Gasteiger partial charge in [-0.1, -0.05) is 15.9 Å². The number of nitrogens with two attached hydrogens (primary N) is 1. The summed E-state index contributed by atoms with van der Waals surface area (Å²) in [6.45, 7) is 0.331. The normalized spacial score (nSPS) is 11.9. The summed E-state index contributed by atoms with van der Waals surface area (Å²) in [6.07, 6.45) is 0. The third kappa shape index (κ3) is 3.17. The minimum Gasteiger partial charge on any atom is -0.398 e. The van der Waals surface area contributed by atoms with Crippen LogP contribution in [0.3, 0.4) is 0 Å². The number of thiophene rings is 1. The third-order valence-corrected chi connectivity index (χ3v) is 5.73. The largest absolute Gasteiger partial charge is 0.398 e. The lowest BCUT2D eigenvalue weighted by molar-refractivity contribution is 0.467.